The number of nitrogens with one attached hydrogen (secondary N) is 1. The Balaban J connectivity index is 1.32. The van der Waals surface area contributed by atoms with Crippen LogP contribution in [0.25, 0.3) is 0 Å². The number of carboxylic acid groups (broad SMARTS) is 1. The third-order valence-corrected chi connectivity index (χ3v) is 6.50. The Hall–Kier alpha value is -3.07. The van der Waals surface area contributed by atoms with Crippen LogP contribution in [0, 0.1) is 11.8 Å². The Morgan fingerprint density at radius 3 is 2.72 bits per heavy atom. The minimum absolute atomic E-state index is 0.149. The Labute approximate surface area is 187 Å². The number of aromatic carboxylic acids is 1. The summed E-state index contributed by atoms with van der Waals surface area (Å²) in [5.74, 6) is 0.223. The van der Waals surface area contributed by atoms with E-state index in [1.165, 1.54) is 6.07 Å². The van der Waals surface area contributed by atoms with Crippen molar-refractivity contribution >= 4 is 17.6 Å². The predicted molar refractivity (Wildman–Crippen MR) is 118 cm³/mol. The number of para-hydroxylation sites is 2. The summed E-state index contributed by atoms with van der Waals surface area (Å²) in [6.45, 7) is 4.61. The minimum atomic E-state index is -1.12. The van der Waals surface area contributed by atoms with Crippen molar-refractivity contribution in [1.29, 1.82) is 0 Å². The molecule has 2 aromatic rings. The van der Waals surface area contributed by atoms with Crippen molar-refractivity contribution < 1.29 is 24.0 Å². The van der Waals surface area contributed by atoms with Crippen molar-refractivity contribution in [3.05, 3.63) is 41.8 Å². The maximum atomic E-state index is 13.1. The highest BCUT2D eigenvalue weighted by molar-refractivity contribution is 5.84. The van der Waals surface area contributed by atoms with Crippen LogP contribution in [0.15, 0.2) is 34.9 Å². The molecule has 0 bridgehead atoms. The zero-order valence-corrected chi connectivity index (χ0v) is 18.3. The predicted octanol–water partition coefficient (Wildman–Crippen LogP) is 1.89. The number of carbonyl (C=O) groups excluding carboxylic acids is 1. The van der Waals surface area contributed by atoms with Gasteiger partial charge >= 0.3 is 5.97 Å². The number of carbonyl (C=O) groups is 2. The van der Waals surface area contributed by atoms with Gasteiger partial charge in [-0.15, -0.1) is 0 Å². The Kier molecular flexibility index (Phi) is 6.94. The second-order valence-corrected chi connectivity index (χ2v) is 8.45. The molecule has 172 valence electrons. The van der Waals surface area contributed by atoms with Crippen LogP contribution in [0.1, 0.15) is 29.1 Å². The van der Waals surface area contributed by atoms with E-state index in [9.17, 15) is 9.59 Å². The van der Waals surface area contributed by atoms with Gasteiger partial charge in [-0.05, 0) is 49.9 Å². The molecule has 2 N–H and O–H groups in total. The first-order valence-corrected chi connectivity index (χ1v) is 11.1. The number of rotatable bonds is 7. The van der Waals surface area contributed by atoms with E-state index in [4.69, 9.17) is 14.4 Å². The number of aromatic nitrogens is 1. The van der Waals surface area contributed by atoms with Crippen LogP contribution < -0.4 is 15.0 Å². The molecule has 2 aliphatic rings. The van der Waals surface area contributed by atoms with Gasteiger partial charge in [0.05, 0.1) is 18.5 Å². The van der Waals surface area contributed by atoms with Gasteiger partial charge in [-0.25, -0.2) is 4.79 Å². The average Bonchev–Trinajstić information content (AvgIpc) is 3.29. The molecule has 32 heavy (non-hydrogen) atoms. The molecular weight excluding hydrogens is 412 g/mol. The van der Waals surface area contributed by atoms with Crippen molar-refractivity contribution in [2.75, 3.05) is 51.3 Å². The van der Waals surface area contributed by atoms with E-state index in [0.29, 0.717) is 31.6 Å². The first-order valence-electron chi connectivity index (χ1n) is 11.1. The summed E-state index contributed by atoms with van der Waals surface area (Å²) in [4.78, 5) is 28.3. The third-order valence-electron chi connectivity index (χ3n) is 6.50. The van der Waals surface area contributed by atoms with Gasteiger partial charge in [0.1, 0.15) is 5.75 Å². The first-order chi connectivity index (χ1) is 15.5. The SMILES string of the molecule is COc1ccccc1N1CCN(C(=O)C[C@H]2CCNC[C@@H]2Cc2cc(C(=O)O)on2)CC1. The second kappa shape index (κ2) is 10.0. The highest BCUT2D eigenvalue weighted by Crippen LogP contribution is 2.30. The molecule has 4 rings (SSSR count). The number of hydrogen-bond acceptors (Lipinski definition) is 7. The normalized spacial score (nSPS) is 21.4. The second-order valence-electron chi connectivity index (χ2n) is 8.45. The number of benzene rings is 1. The summed E-state index contributed by atoms with van der Waals surface area (Å²) < 4.78 is 10.4. The first kappa shape index (κ1) is 22.1. The fourth-order valence-corrected chi connectivity index (χ4v) is 4.70. The highest BCUT2D eigenvalue weighted by atomic mass is 16.5. The van der Waals surface area contributed by atoms with Crippen LogP contribution in [0.2, 0.25) is 0 Å². The number of amides is 1. The molecule has 1 aromatic heterocycles. The molecule has 0 radical (unpaired) electrons. The average molecular weight is 443 g/mol. The molecule has 2 aliphatic heterocycles. The molecule has 2 atom stereocenters. The summed E-state index contributed by atoms with van der Waals surface area (Å²) >= 11 is 0. The standard InChI is InChI=1S/C23H30N4O5/c1-31-20-5-3-2-4-19(20)26-8-10-27(11-9-26)22(28)13-16-6-7-24-15-17(16)12-18-14-21(23(29)30)32-25-18/h2-5,14,16-17,24H,6-13,15H2,1H3,(H,29,30)/t16-,17+/m1/s1. The van der Waals surface area contributed by atoms with Crippen LogP contribution in [-0.4, -0.2) is 73.4 Å². The van der Waals surface area contributed by atoms with E-state index in [0.717, 1.165) is 44.0 Å². The van der Waals surface area contributed by atoms with Gasteiger partial charge in [0.2, 0.25) is 11.7 Å². The van der Waals surface area contributed by atoms with Crippen molar-refractivity contribution in [3.63, 3.8) is 0 Å². The summed E-state index contributed by atoms with van der Waals surface area (Å²) in [5.41, 5.74) is 1.69. The van der Waals surface area contributed by atoms with Crippen molar-refractivity contribution in [1.82, 2.24) is 15.4 Å². The third kappa shape index (κ3) is 5.04. The zero-order chi connectivity index (χ0) is 22.5. The lowest BCUT2D eigenvalue weighted by molar-refractivity contribution is -0.133. The molecular formula is C23H30N4O5. The molecule has 0 unspecified atom stereocenters. The molecule has 0 aliphatic carbocycles. The molecule has 2 saturated heterocycles. The topological polar surface area (TPSA) is 108 Å². The van der Waals surface area contributed by atoms with Crippen molar-refractivity contribution in [2.24, 2.45) is 11.8 Å². The van der Waals surface area contributed by atoms with Crippen LogP contribution in [0.4, 0.5) is 5.69 Å². The van der Waals surface area contributed by atoms with E-state index >= 15 is 0 Å². The van der Waals surface area contributed by atoms with Gasteiger partial charge in [-0.1, -0.05) is 17.3 Å². The van der Waals surface area contributed by atoms with Crippen LogP contribution >= 0.6 is 0 Å². The lowest BCUT2D eigenvalue weighted by Gasteiger charge is -2.38. The number of hydrogen-bond donors (Lipinski definition) is 2. The lowest BCUT2D eigenvalue weighted by Crippen LogP contribution is -2.50. The number of nitrogens with zero attached hydrogens (tertiary/aromatic N) is 3. The van der Waals surface area contributed by atoms with Gasteiger partial charge in [0.15, 0.2) is 0 Å². The van der Waals surface area contributed by atoms with Crippen molar-refractivity contribution in [3.8, 4) is 5.75 Å². The molecule has 0 spiro atoms. The molecule has 1 amide bonds. The summed E-state index contributed by atoms with van der Waals surface area (Å²) in [6, 6.07) is 9.45. The van der Waals surface area contributed by atoms with Crippen LogP contribution in [0.5, 0.6) is 5.75 Å². The van der Waals surface area contributed by atoms with Gasteiger partial charge in [-0.2, -0.15) is 0 Å². The molecule has 1 aromatic carbocycles. The molecule has 9 nitrogen and oxygen atoms in total. The monoisotopic (exact) mass is 442 g/mol. The minimum Gasteiger partial charge on any atom is -0.495 e. The molecule has 0 saturated carbocycles. The number of methoxy groups -OCH3 is 1. The zero-order valence-electron chi connectivity index (χ0n) is 18.3. The van der Waals surface area contributed by atoms with Gasteiger partial charge in [-0.3, -0.25) is 4.79 Å². The Bertz CT molecular complexity index is 938. The van der Waals surface area contributed by atoms with Gasteiger partial charge < -0.3 is 29.5 Å². The summed E-state index contributed by atoms with van der Waals surface area (Å²) in [5, 5.41) is 16.3. The summed E-state index contributed by atoms with van der Waals surface area (Å²) in [6.07, 6.45) is 2.02. The maximum absolute atomic E-state index is 13.1. The van der Waals surface area contributed by atoms with Gasteiger partial charge in [0, 0.05) is 38.7 Å². The van der Waals surface area contributed by atoms with Gasteiger partial charge in [0.25, 0.3) is 0 Å². The van der Waals surface area contributed by atoms with E-state index in [1.807, 2.05) is 23.1 Å². The molecule has 9 heteroatoms. The van der Waals surface area contributed by atoms with E-state index in [2.05, 4.69) is 21.4 Å². The fourth-order valence-electron chi connectivity index (χ4n) is 4.70. The number of carboxylic acids is 1. The maximum Gasteiger partial charge on any atom is 0.374 e. The lowest BCUT2D eigenvalue weighted by atomic mass is 9.81. The van der Waals surface area contributed by atoms with E-state index in [-0.39, 0.29) is 23.5 Å². The van der Waals surface area contributed by atoms with Crippen molar-refractivity contribution in [2.45, 2.75) is 19.3 Å². The Morgan fingerprint density at radius 2 is 2.00 bits per heavy atom. The van der Waals surface area contributed by atoms with E-state index < -0.39 is 5.97 Å². The highest BCUT2D eigenvalue weighted by Gasteiger charge is 2.31. The quantitative estimate of drug-likeness (QED) is 0.669. The summed E-state index contributed by atoms with van der Waals surface area (Å²) in [7, 11) is 1.68. The fraction of sp³-hybridized carbons (Fsp3) is 0.522. The Morgan fingerprint density at radius 1 is 1.22 bits per heavy atom. The number of piperazine rings is 1. The smallest absolute Gasteiger partial charge is 0.374 e. The number of anilines is 1. The van der Waals surface area contributed by atoms with Crippen LogP contribution in [-0.2, 0) is 11.2 Å². The number of piperidine rings is 1. The molecule has 3 heterocycles. The van der Waals surface area contributed by atoms with E-state index in [1.54, 1.807) is 7.11 Å². The number of ether oxygens (including phenoxy) is 1. The molecule has 2 fully saturated rings. The van der Waals surface area contributed by atoms with Crippen LogP contribution in [0.3, 0.4) is 0 Å². The largest absolute Gasteiger partial charge is 0.495 e.